The number of nitrogens with zero attached hydrogens (tertiary/aromatic N) is 1. The van der Waals surface area contributed by atoms with Gasteiger partial charge in [0.25, 0.3) is 0 Å². The van der Waals surface area contributed by atoms with Crippen molar-refractivity contribution in [3.8, 4) is 11.6 Å². The second-order valence-corrected chi connectivity index (χ2v) is 3.50. The molecule has 86 valence electrons. The standard InChI is InChI=1S/C14H13NO2/c1-4-16-12-9-13(17-5-2)15-11-8-6-7-10(3)14(11)12/h4-9H,1-2H2,3H3. The molecule has 0 amide bonds. The number of rotatable bonds is 4. The van der Waals surface area contributed by atoms with Crippen molar-refractivity contribution in [2.24, 2.45) is 0 Å². The molecule has 0 N–H and O–H groups in total. The monoisotopic (exact) mass is 227 g/mol. The van der Waals surface area contributed by atoms with Crippen molar-refractivity contribution in [2.75, 3.05) is 0 Å². The first-order valence-corrected chi connectivity index (χ1v) is 5.21. The predicted molar refractivity (Wildman–Crippen MR) is 68.1 cm³/mol. The van der Waals surface area contributed by atoms with Crippen LogP contribution in [-0.2, 0) is 0 Å². The van der Waals surface area contributed by atoms with Gasteiger partial charge in [-0.05, 0) is 18.6 Å². The predicted octanol–water partition coefficient (Wildman–Crippen LogP) is 3.59. The van der Waals surface area contributed by atoms with E-state index in [1.807, 2.05) is 25.1 Å². The van der Waals surface area contributed by atoms with Gasteiger partial charge in [0.05, 0.1) is 18.0 Å². The summed E-state index contributed by atoms with van der Waals surface area (Å²) in [5, 5.41) is 0.962. The largest absolute Gasteiger partial charge is 0.465 e. The lowest BCUT2D eigenvalue weighted by atomic mass is 10.1. The van der Waals surface area contributed by atoms with Crippen molar-refractivity contribution in [3.05, 3.63) is 55.5 Å². The van der Waals surface area contributed by atoms with Crippen molar-refractivity contribution in [1.82, 2.24) is 4.98 Å². The van der Waals surface area contributed by atoms with E-state index in [2.05, 4.69) is 18.1 Å². The fraction of sp³-hybridized carbons (Fsp3) is 0.0714. The number of hydrogen-bond donors (Lipinski definition) is 0. The van der Waals surface area contributed by atoms with Crippen LogP contribution >= 0.6 is 0 Å². The van der Waals surface area contributed by atoms with E-state index in [9.17, 15) is 0 Å². The Morgan fingerprint density at radius 1 is 1.18 bits per heavy atom. The first-order valence-electron chi connectivity index (χ1n) is 5.21. The number of aromatic nitrogens is 1. The first-order chi connectivity index (χ1) is 8.26. The lowest BCUT2D eigenvalue weighted by Crippen LogP contribution is -1.92. The van der Waals surface area contributed by atoms with E-state index in [0.29, 0.717) is 11.6 Å². The number of hydrogen-bond acceptors (Lipinski definition) is 3. The van der Waals surface area contributed by atoms with E-state index < -0.39 is 0 Å². The second kappa shape index (κ2) is 4.70. The van der Waals surface area contributed by atoms with E-state index in [-0.39, 0.29) is 0 Å². The molecule has 1 aromatic heterocycles. The van der Waals surface area contributed by atoms with Crippen LogP contribution < -0.4 is 9.47 Å². The maximum absolute atomic E-state index is 5.40. The van der Waals surface area contributed by atoms with Crippen LogP contribution in [-0.4, -0.2) is 4.98 Å². The molecule has 3 nitrogen and oxygen atoms in total. The highest BCUT2D eigenvalue weighted by Crippen LogP contribution is 2.31. The van der Waals surface area contributed by atoms with Crippen LogP contribution in [0.3, 0.4) is 0 Å². The quantitative estimate of drug-likeness (QED) is 0.748. The van der Waals surface area contributed by atoms with E-state index >= 15 is 0 Å². The fourth-order valence-electron chi connectivity index (χ4n) is 1.73. The Kier molecular flexibility index (Phi) is 3.10. The van der Waals surface area contributed by atoms with Gasteiger partial charge in [-0.1, -0.05) is 25.3 Å². The zero-order valence-corrected chi connectivity index (χ0v) is 9.64. The number of benzene rings is 1. The molecule has 0 unspecified atom stereocenters. The molecule has 1 aromatic carbocycles. The van der Waals surface area contributed by atoms with Gasteiger partial charge in [0.1, 0.15) is 5.75 Å². The van der Waals surface area contributed by atoms with Gasteiger partial charge in [-0.3, -0.25) is 0 Å². The van der Waals surface area contributed by atoms with Crippen LogP contribution in [0.1, 0.15) is 5.56 Å². The minimum absolute atomic E-state index is 0.454. The van der Waals surface area contributed by atoms with E-state index in [1.54, 1.807) is 6.07 Å². The van der Waals surface area contributed by atoms with E-state index in [1.165, 1.54) is 12.5 Å². The molecule has 0 aliphatic carbocycles. The Balaban J connectivity index is 2.71. The Hall–Kier alpha value is -2.29. The molecule has 2 rings (SSSR count). The second-order valence-electron chi connectivity index (χ2n) is 3.50. The van der Waals surface area contributed by atoms with Crippen LogP contribution in [0, 0.1) is 6.92 Å². The SMILES string of the molecule is C=COc1cc(OC=C)c2c(C)cccc2n1. The minimum Gasteiger partial charge on any atom is -0.465 e. The third kappa shape index (κ3) is 2.13. The summed E-state index contributed by atoms with van der Waals surface area (Å²) in [5.74, 6) is 1.13. The highest BCUT2D eigenvalue weighted by Gasteiger charge is 2.09. The summed E-state index contributed by atoms with van der Waals surface area (Å²) in [6.45, 7) is 9.08. The molecule has 0 saturated heterocycles. The molecule has 2 aromatic rings. The number of fused-ring (bicyclic) bond motifs is 1. The fourth-order valence-corrected chi connectivity index (χ4v) is 1.73. The molecule has 0 fully saturated rings. The van der Waals surface area contributed by atoms with Gasteiger partial charge in [0.2, 0.25) is 5.88 Å². The Bertz CT molecular complexity index is 576. The van der Waals surface area contributed by atoms with Gasteiger partial charge in [0.15, 0.2) is 0 Å². The molecule has 0 aliphatic rings. The third-order valence-electron chi connectivity index (χ3n) is 2.40. The molecule has 0 bridgehead atoms. The average Bonchev–Trinajstić information content (AvgIpc) is 2.29. The van der Waals surface area contributed by atoms with Crippen molar-refractivity contribution in [1.29, 1.82) is 0 Å². The lowest BCUT2D eigenvalue weighted by Gasteiger charge is -2.09. The molecule has 3 heteroatoms. The summed E-state index contributed by atoms with van der Waals surface area (Å²) in [6, 6.07) is 7.58. The van der Waals surface area contributed by atoms with Crippen LogP contribution in [0.5, 0.6) is 11.6 Å². The third-order valence-corrected chi connectivity index (χ3v) is 2.40. The summed E-state index contributed by atoms with van der Waals surface area (Å²) >= 11 is 0. The molecule has 0 saturated carbocycles. The smallest absolute Gasteiger partial charge is 0.222 e. The molecular weight excluding hydrogens is 214 g/mol. The van der Waals surface area contributed by atoms with Crippen LogP contribution in [0.4, 0.5) is 0 Å². The summed E-state index contributed by atoms with van der Waals surface area (Å²) in [5.41, 5.74) is 1.92. The normalized spacial score (nSPS) is 9.94. The minimum atomic E-state index is 0.454. The Labute approximate surface area is 100 Å². The number of ether oxygens (including phenoxy) is 2. The molecule has 0 spiro atoms. The van der Waals surface area contributed by atoms with Crippen LogP contribution in [0.25, 0.3) is 10.9 Å². The summed E-state index contributed by atoms with van der Waals surface area (Å²) in [6.07, 6.45) is 2.72. The number of aryl methyl sites for hydroxylation is 1. The van der Waals surface area contributed by atoms with Crippen molar-refractivity contribution in [3.63, 3.8) is 0 Å². The molecule has 0 aliphatic heterocycles. The highest BCUT2D eigenvalue weighted by atomic mass is 16.5. The molecule has 0 atom stereocenters. The van der Waals surface area contributed by atoms with Crippen LogP contribution in [0.2, 0.25) is 0 Å². The first kappa shape index (κ1) is 11.2. The van der Waals surface area contributed by atoms with Gasteiger partial charge in [-0.25, -0.2) is 4.98 Å². The topological polar surface area (TPSA) is 31.4 Å². The van der Waals surface area contributed by atoms with Gasteiger partial charge >= 0.3 is 0 Å². The Morgan fingerprint density at radius 3 is 2.65 bits per heavy atom. The van der Waals surface area contributed by atoms with Crippen LogP contribution in [0.15, 0.2) is 49.9 Å². The summed E-state index contributed by atoms with van der Waals surface area (Å²) < 4.78 is 10.6. The average molecular weight is 227 g/mol. The van der Waals surface area contributed by atoms with E-state index in [4.69, 9.17) is 9.47 Å². The zero-order valence-electron chi connectivity index (χ0n) is 9.64. The highest BCUT2D eigenvalue weighted by molar-refractivity contribution is 5.88. The van der Waals surface area contributed by atoms with Gasteiger partial charge < -0.3 is 9.47 Å². The van der Waals surface area contributed by atoms with Gasteiger partial charge in [0, 0.05) is 11.5 Å². The van der Waals surface area contributed by atoms with Gasteiger partial charge in [-0.15, -0.1) is 0 Å². The number of pyridine rings is 1. The maximum atomic E-state index is 5.40. The summed E-state index contributed by atoms with van der Waals surface area (Å²) in [7, 11) is 0. The lowest BCUT2D eigenvalue weighted by molar-refractivity contribution is 0.451. The molecule has 1 heterocycles. The summed E-state index contributed by atoms with van der Waals surface area (Å²) in [4.78, 5) is 4.36. The maximum Gasteiger partial charge on any atom is 0.222 e. The molecular formula is C14H13NO2. The molecule has 17 heavy (non-hydrogen) atoms. The van der Waals surface area contributed by atoms with Crippen molar-refractivity contribution < 1.29 is 9.47 Å². The van der Waals surface area contributed by atoms with E-state index in [0.717, 1.165) is 16.5 Å². The van der Waals surface area contributed by atoms with Crippen molar-refractivity contribution in [2.45, 2.75) is 6.92 Å². The van der Waals surface area contributed by atoms with Crippen molar-refractivity contribution >= 4 is 10.9 Å². The Morgan fingerprint density at radius 2 is 1.94 bits per heavy atom. The zero-order chi connectivity index (χ0) is 12.3. The van der Waals surface area contributed by atoms with Gasteiger partial charge in [-0.2, -0.15) is 0 Å². The molecule has 0 radical (unpaired) electrons.